The molecule has 1 aliphatic heterocycles. The highest BCUT2D eigenvalue weighted by Gasteiger charge is 2.30. The van der Waals surface area contributed by atoms with E-state index in [4.69, 9.17) is 15.2 Å². The molecule has 2 atom stereocenters. The molecule has 7 nitrogen and oxygen atoms in total. The lowest BCUT2D eigenvalue weighted by molar-refractivity contribution is 0.0519. The lowest BCUT2D eigenvalue weighted by atomic mass is 10.0. The zero-order chi connectivity index (χ0) is 12.3. The summed E-state index contributed by atoms with van der Waals surface area (Å²) in [6.07, 6.45) is 1.58. The number of nitrogens with two attached hydrogens (primary N) is 1. The molecule has 0 spiro atoms. The van der Waals surface area contributed by atoms with Crippen LogP contribution in [0.1, 0.15) is 23.5 Å². The first-order chi connectivity index (χ1) is 8.26. The third-order valence-corrected chi connectivity index (χ3v) is 2.80. The van der Waals surface area contributed by atoms with E-state index in [1.807, 2.05) is 0 Å². The largest absolute Gasteiger partial charge is 0.461 e. The van der Waals surface area contributed by atoms with Crippen LogP contribution >= 0.6 is 0 Å². The van der Waals surface area contributed by atoms with Gasteiger partial charge in [0.15, 0.2) is 5.69 Å². The topological polar surface area (TPSA) is 92.3 Å². The first-order valence-electron chi connectivity index (χ1n) is 5.63. The molecule has 1 aliphatic rings. The van der Waals surface area contributed by atoms with E-state index >= 15 is 0 Å². The summed E-state index contributed by atoms with van der Waals surface area (Å²) in [4.78, 5) is 11.4. The number of esters is 1. The quantitative estimate of drug-likeness (QED) is 0.720. The molecule has 0 saturated carbocycles. The van der Waals surface area contributed by atoms with Crippen molar-refractivity contribution >= 4 is 5.97 Å². The number of carbonyl (C=O) groups excluding carboxylic acids is 1. The third-order valence-electron chi connectivity index (χ3n) is 2.80. The van der Waals surface area contributed by atoms with Crippen molar-refractivity contribution in [2.45, 2.75) is 13.0 Å². The van der Waals surface area contributed by atoms with E-state index in [0.717, 1.165) is 0 Å². The summed E-state index contributed by atoms with van der Waals surface area (Å²) in [5.74, 6) is -0.242. The molecular weight excluding hydrogens is 224 g/mol. The molecule has 0 aromatic carbocycles. The van der Waals surface area contributed by atoms with Crippen molar-refractivity contribution in [3.63, 3.8) is 0 Å². The van der Waals surface area contributed by atoms with Gasteiger partial charge in [-0.25, -0.2) is 9.48 Å². The van der Waals surface area contributed by atoms with Crippen LogP contribution in [0.25, 0.3) is 0 Å². The molecule has 2 heterocycles. The van der Waals surface area contributed by atoms with Gasteiger partial charge in [0.05, 0.1) is 32.1 Å². The van der Waals surface area contributed by atoms with E-state index in [-0.39, 0.29) is 17.7 Å². The van der Waals surface area contributed by atoms with Crippen molar-refractivity contribution in [2.24, 2.45) is 11.7 Å². The van der Waals surface area contributed by atoms with E-state index in [1.165, 1.54) is 0 Å². The van der Waals surface area contributed by atoms with Gasteiger partial charge in [0.2, 0.25) is 0 Å². The Morgan fingerprint density at radius 2 is 2.53 bits per heavy atom. The summed E-state index contributed by atoms with van der Waals surface area (Å²) < 4.78 is 11.8. The third kappa shape index (κ3) is 2.45. The second-order valence-electron chi connectivity index (χ2n) is 3.90. The van der Waals surface area contributed by atoms with E-state index in [0.29, 0.717) is 26.4 Å². The zero-order valence-corrected chi connectivity index (χ0v) is 9.70. The highest BCUT2D eigenvalue weighted by molar-refractivity contribution is 5.86. The van der Waals surface area contributed by atoms with Gasteiger partial charge >= 0.3 is 5.97 Å². The maximum absolute atomic E-state index is 11.4. The summed E-state index contributed by atoms with van der Waals surface area (Å²) in [5.41, 5.74) is 5.86. The maximum atomic E-state index is 11.4. The Labute approximate surface area is 98.9 Å². The van der Waals surface area contributed by atoms with Gasteiger partial charge in [-0.15, -0.1) is 5.10 Å². The normalized spacial score (nSPS) is 23.9. The number of hydrogen-bond donors (Lipinski definition) is 1. The van der Waals surface area contributed by atoms with Crippen LogP contribution < -0.4 is 5.73 Å². The van der Waals surface area contributed by atoms with Gasteiger partial charge in [-0.2, -0.15) is 0 Å². The summed E-state index contributed by atoms with van der Waals surface area (Å²) >= 11 is 0. The van der Waals surface area contributed by atoms with Gasteiger partial charge in [-0.05, 0) is 13.5 Å². The van der Waals surface area contributed by atoms with Gasteiger partial charge in [-0.1, -0.05) is 5.21 Å². The molecule has 7 heteroatoms. The predicted molar refractivity (Wildman–Crippen MR) is 58.4 cm³/mol. The van der Waals surface area contributed by atoms with E-state index in [9.17, 15) is 4.79 Å². The maximum Gasteiger partial charge on any atom is 0.360 e. The first kappa shape index (κ1) is 12.0. The van der Waals surface area contributed by atoms with Crippen molar-refractivity contribution in [2.75, 3.05) is 26.4 Å². The summed E-state index contributed by atoms with van der Waals surface area (Å²) in [6.45, 7) is 3.77. The second-order valence-corrected chi connectivity index (χ2v) is 3.90. The number of carbonyl (C=O) groups is 1. The van der Waals surface area contributed by atoms with Crippen molar-refractivity contribution in [3.8, 4) is 0 Å². The van der Waals surface area contributed by atoms with Gasteiger partial charge in [0, 0.05) is 5.92 Å². The van der Waals surface area contributed by atoms with Gasteiger partial charge in [0.25, 0.3) is 0 Å². The Bertz CT molecular complexity index is 393. The van der Waals surface area contributed by atoms with Crippen LogP contribution in [0.15, 0.2) is 6.20 Å². The van der Waals surface area contributed by atoms with Gasteiger partial charge in [0.1, 0.15) is 0 Å². The Morgan fingerprint density at radius 1 is 1.71 bits per heavy atom. The minimum atomic E-state index is -0.457. The van der Waals surface area contributed by atoms with E-state index in [1.54, 1.807) is 17.8 Å². The molecule has 1 saturated heterocycles. The molecule has 2 rings (SSSR count). The van der Waals surface area contributed by atoms with Crippen LogP contribution in [-0.2, 0) is 9.47 Å². The minimum Gasteiger partial charge on any atom is -0.461 e. The molecule has 0 bridgehead atoms. The molecule has 1 aromatic rings. The molecule has 0 unspecified atom stereocenters. The fourth-order valence-electron chi connectivity index (χ4n) is 1.84. The zero-order valence-electron chi connectivity index (χ0n) is 9.70. The van der Waals surface area contributed by atoms with Gasteiger partial charge < -0.3 is 15.2 Å². The van der Waals surface area contributed by atoms with Gasteiger partial charge in [-0.3, -0.25) is 0 Å². The van der Waals surface area contributed by atoms with Crippen molar-refractivity contribution in [3.05, 3.63) is 11.9 Å². The Kier molecular flexibility index (Phi) is 3.70. The van der Waals surface area contributed by atoms with Crippen molar-refractivity contribution in [1.29, 1.82) is 0 Å². The molecule has 1 aromatic heterocycles. The highest BCUT2D eigenvalue weighted by Crippen LogP contribution is 2.23. The first-order valence-corrected chi connectivity index (χ1v) is 5.63. The number of hydrogen-bond acceptors (Lipinski definition) is 6. The van der Waals surface area contributed by atoms with E-state index in [2.05, 4.69) is 10.3 Å². The molecule has 1 fully saturated rings. The average Bonchev–Trinajstić information content (AvgIpc) is 2.97. The molecule has 0 aliphatic carbocycles. The fourth-order valence-corrected chi connectivity index (χ4v) is 1.84. The molecule has 0 radical (unpaired) electrons. The average molecular weight is 240 g/mol. The van der Waals surface area contributed by atoms with Crippen LogP contribution in [0.4, 0.5) is 0 Å². The predicted octanol–water partition coefficient (Wildman–Crippen LogP) is -0.399. The SMILES string of the molecule is CCOC(=O)c1cn([C@@H]2COC[C@H]2CN)nn1. The summed E-state index contributed by atoms with van der Waals surface area (Å²) in [5, 5.41) is 7.72. The number of nitrogens with zero attached hydrogens (tertiary/aromatic N) is 3. The van der Waals surface area contributed by atoms with Crippen LogP contribution in [0.3, 0.4) is 0 Å². The van der Waals surface area contributed by atoms with Crippen molar-refractivity contribution in [1.82, 2.24) is 15.0 Å². The summed E-state index contributed by atoms with van der Waals surface area (Å²) in [7, 11) is 0. The Hall–Kier alpha value is -1.47. The van der Waals surface area contributed by atoms with E-state index < -0.39 is 5.97 Å². The number of rotatable bonds is 4. The van der Waals surface area contributed by atoms with Crippen LogP contribution in [-0.4, -0.2) is 47.3 Å². The monoisotopic (exact) mass is 240 g/mol. The molecule has 2 N–H and O–H groups in total. The van der Waals surface area contributed by atoms with Crippen molar-refractivity contribution < 1.29 is 14.3 Å². The molecule has 94 valence electrons. The number of aromatic nitrogens is 3. The molecule has 17 heavy (non-hydrogen) atoms. The number of ether oxygens (including phenoxy) is 2. The lowest BCUT2D eigenvalue weighted by Crippen LogP contribution is -2.25. The smallest absolute Gasteiger partial charge is 0.360 e. The molecular formula is C10H16N4O3. The molecule has 0 amide bonds. The Morgan fingerprint density at radius 3 is 3.24 bits per heavy atom. The minimum absolute atomic E-state index is 0.0516. The standard InChI is InChI=1S/C10H16N4O3/c1-2-17-10(15)8-4-14(13-12-8)9-6-16-5-7(9)3-11/h4,7,9H,2-3,5-6,11H2,1H3/t7-,9-/m1/s1. The Balaban J connectivity index is 2.09. The highest BCUT2D eigenvalue weighted by atomic mass is 16.5. The fraction of sp³-hybridized carbons (Fsp3) is 0.700. The summed E-state index contributed by atoms with van der Waals surface area (Å²) in [6, 6.07) is 0.0516. The second kappa shape index (κ2) is 5.24. The van der Waals surface area contributed by atoms with Crippen LogP contribution in [0, 0.1) is 5.92 Å². The van der Waals surface area contributed by atoms with Crippen LogP contribution in [0.5, 0.6) is 0 Å². The lowest BCUT2D eigenvalue weighted by Gasteiger charge is -2.14. The van der Waals surface area contributed by atoms with Crippen LogP contribution in [0.2, 0.25) is 0 Å².